The largest absolute Gasteiger partial charge is 0.355 e. The van der Waals surface area contributed by atoms with Gasteiger partial charge in [0.2, 0.25) is 10.0 Å². The van der Waals surface area contributed by atoms with E-state index in [9.17, 15) is 8.42 Å². The van der Waals surface area contributed by atoms with Crippen LogP contribution in [0.25, 0.3) is 0 Å². The number of nitrogens with one attached hydrogen (secondary N) is 2. The topological polar surface area (TPSA) is 78.7 Å². The molecule has 1 rings (SSSR count). The molecule has 2 N–H and O–H groups in total. The fraction of sp³-hybridized carbons (Fsp3) is 0.615. The highest BCUT2D eigenvalue weighted by molar-refractivity contribution is 14.0. The van der Waals surface area contributed by atoms with Gasteiger partial charge in [-0.2, -0.15) is 0 Å². The second-order valence-electron chi connectivity index (χ2n) is 4.74. The second kappa shape index (κ2) is 10.1. The lowest BCUT2D eigenvalue weighted by Gasteiger charge is -2.22. The number of sulfonamides is 1. The number of aliphatic imine (C=N–C) groups is 1. The van der Waals surface area contributed by atoms with Crippen molar-refractivity contribution in [3.63, 3.8) is 0 Å². The van der Waals surface area contributed by atoms with Crippen molar-refractivity contribution >= 4 is 40.0 Å². The summed E-state index contributed by atoms with van der Waals surface area (Å²) in [4.78, 5) is 6.19. The van der Waals surface area contributed by atoms with E-state index in [0.29, 0.717) is 13.1 Å². The Morgan fingerprint density at radius 2 is 2.09 bits per heavy atom. The lowest BCUT2D eigenvalue weighted by atomic mass is 10.4. The highest BCUT2D eigenvalue weighted by atomic mass is 127. The first-order chi connectivity index (χ1) is 9.89. The monoisotopic (exact) mass is 443 g/mol. The van der Waals surface area contributed by atoms with Crippen LogP contribution < -0.4 is 10.0 Å². The van der Waals surface area contributed by atoms with Crippen LogP contribution in [0.4, 0.5) is 0 Å². The summed E-state index contributed by atoms with van der Waals surface area (Å²) in [7, 11) is 2.51. The molecule has 0 aromatic carbocycles. The molecule has 0 atom stereocenters. The van der Waals surface area contributed by atoms with Crippen LogP contribution in [0.5, 0.6) is 0 Å². The number of guanidine groups is 1. The van der Waals surface area contributed by atoms with Crippen LogP contribution in [0.3, 0.4) is 0 Å². The van der Waals surface area contributed by atoms with E-state index < -0.39 is 10.0 Å². The molecule has 0 radical (unpaired) electrons. The molecule has 0 aliphatic rings. The third-order valence-electron chi connectivity index (χ3n) is 3.13. The van der Waals surface area contributed by atoms with Crippen LogP contribution in [0.2, 0.25) is 0 Å². The molecule has 9 heteroatoms. The van der Waals surface area contributed by atoms with Gasteiger partial charge in [-0.15, -0.1) is 24.0 Å². The molecule has 128 valence electrons. The van der Waals surface area contributed by atoms with Gasteiger partial charge >= 0.3 is 0 Å². The molecule has 0 fully saturated rings. The van der Waals surface area contributed by atoms with Crippen LogP contribution in [-0.4, -0.2) is 56.8 Å². The van der Waals surface area contributed by atoms with Crippen LogP contribution >= 0.6 is 24.0 Å². The van der Waals surface area contributed by atoms with Gasteiger partial charge < -0.3 is 14.8 Å². The summed E-state index contributed by atoms with van der Waals surface area (Å²) in [6.07, 6.45) is 2.00. The third-order valence-corrected chi connectivity index (χ3v) is 4.54. The number of aromatic nitrogens is 1. The predicted molar refractivity (Wildman–Crippen MR) is 101 cm³/mol. The van der Waals surface area contributed by atoms with E-state index in [1.54, 1.807) is 14.0 Å². The first kappa shape index (κ1) is 21.2. The predicted octanol–water partition coefficient (Wildman–Crippen LogP) is 0.590. The molecular formula is C13H26IN5O2S. The minimum absolute atomic E-state index is 0. The summed E-state index contributed by atoms with van der Waals surface area (Å²) in [5.74, 6) is 0.821. The van der Waals surface area contributed by atoms with Crippen molar-refractivity contribution in [1.29, 1.82) is 0 Å². The molecule has 0 saturated carbocycles. The van der Waals surface area contributed by atoms with Crippen molar-refractivity contribution < 1.29 is 8.42 Å². The number of rotatable bonds is 7. The Labute approximate surface area is 150 Å². The highest BCUT2D eigenvalue weighted by Crippen LogP contribution is 2.03. The first-order valence-corrected chi connectivity index (χ1v) is 8.54. The standard InChI is InChI=1S/C13H25N5O2S.HI/c1-5-21(19,20)16-9-8-15-13(14-2)18(4)11-12-7-6-10-17(12)3;/h6-7,10,16H,5,8-9,11H2,1-4H3,(H,14,15);1H. The van der Waals surface area contributed by atoms with E-state index in [0.717, 1.165) is 12.5 Å². The van der Waals surface area contributed by atoms with Gasteiger partial charge in [0.15, 0.2) is 5.96 Å². The quantitative estimate of drug-likeness (QED) is 0.280. The van der Waals surface area contributed by atoms with Gasteiger partial charge in [-0.05, 0) is 19.1 Å². The third kappa shape index (κ3) is 6.97. The highest BCUT2D eigenvalue weighted by Gasteiger charge is 2.09. The van der Waals surface area contributed by atoms with E-state index >= 15 is 0 Å². The average molecular weight is 443 g/mol. The number of halogens is 1. The van der Waals surface area contributed by atoms with Gasteiger partial charge in [-0.3, -0.25) is 4.99 Å². The van der Waals surface area contributed by atoms with E-state index in [4.69, 9.17) is 0 Å². The summed E-state index contributed by atoms with van der Waals surface area (Å²) < 4.78 is 27.2. The number of aryl methyl sites for hydroxylation is 1. The van der Waals surface area contributed by atoms with Gasteiger partial charge in [-0.1, -0.05) is 0 Å². The minimum Gasteiger partial charge on any atom is -0.355 e. The van der Waals surface area contributed by atoms with Gasteiger partial charge in [0.25, 0.3) is 0 Å². The van der Waals surface area contributed by atoms with Crippen LogP contribution in [0.15, 0.2) is 23.3 Å². The molecule has 0 amide bonds. The van der Waals surface area contributed by atoms with Gasteiger partial charge in [0.05, 0.1) is 12.3 Å². The average Bonchev–Trinajstić information content (AvgIpc) is 2.84. The minimum atomic E-state index is -3.14. The molecule has 1 aromatic rings. The zero-order chi connectivity index (χ0) is 15.9. The molecule has 0 unspecified atom stereocenters. The van der Waals surface area contributed by atoms with E-state index in [1.807, 2.05) is 31.3 Å². The first-order valence-electron chi connectivity index (χ1n) is 6.89. The lowest BCUT2D eigenvalue weighted by molar-refractivity contribution is 0.462. The molecule has 0 saturated heterocycles. The summed E-state index contributed by atoms with van der Waals surface area (Å²) in [6, 6.07) is 4.05. The van der Waals surface area contributed by atoms with Crippen molar-refractivity contribution in [2.45, 2.75) is 13.5 Å². The smallest absolute Gasteiger partial charge is 0.211 e. The Balaban J connectivity index is 0.00000441. The maximum Gasteiger partial charge on any atom is 0.211 e. The van der Waals surface area contributed by atoms with Gasteiger partial charge in [-0.25, -0.2) is 13.1 Å². The summed E-state index contributed by atoms with van der Waals surface area (Å²) in [5, 5.41) is 3.14. The number of hydrogen-bond acceptors (Lipinski definition) is 3. The fourth-order valence-electron chi connectivity index (χ4n) is 1.85. The normalized spacial score (nSPS) is 11.9. The molecule has 22 heavy (non-hydrogen) atoms. The van der Waals surface area contributed by atoms with Crippen molar-refractivity contribution in [1.82, 2.24) is 19.5 Å². The van der Waals surface area contributed by atoms with E-state index in [2.05, 4.69) is 25.7 Å². The van der Waals surface area contributed by atoms with E-state index in [1.165, 1.54) is 5.69 Å². The maximum atomic E-state index is 11.3. The van der Waals surface area contributed by atoms with Gasteiger partial charge in [0, 0.05) is 46.1 Å². The molecule has 0 aliphatic heterocycles. The molecule has 1 aromatic heterocycles. The molecule has 0 bridgehead atoms. The number of nitrogens with zero attached hydrogens (tertiary/aromatic N) is 3. The molecule has 0 aliphatic carbocycles. The van der Waals surface area contributed by atoms with Crippen molar-refractivity contribution in [2.75, 3.05) is 32.9 Å². The molecule has 7 nitrogen and oxygen atoms in total. The van der Waals surface area contributed by atoms with Crippen LogP contribution in [-0.2, 0) is 23.6 Å². The van der Waals surface area contributed by atoms with Crippen molar-refractivity contribution in [3.8, 4) is 0 Å². The molecule has 1 heterocycles. The molecule has 0 spiro atoms. The summed E-state index contributed by atoms with van der Waals surface area (Å²) >= 11 is 0. The second-order valence-corrected chi connectivity index (χ2v) is 6.83. The summed E-state index contributed by atoms with van der Waals surface area (Å²) in [5.41, 5.74) is 1.17. The molecular weight excluding hydrogens is 417 g/mol. The van der Waals surface area contributed by atoms with E-state index in [-0.39, 0.29) is 29.7 Å². The maximum absolute atomic E-state index is 11.3. The van der Waals surface area contributed by atoms with Crippen molar-refractivity contribution in [2.24, 2.45) is 12.0 Å². The zero-order valence-corrected chi connectivity index (χ0v) is 16.7. The number of hydrogen-bond donors (Lipinski definition) is 2. The Hall–Kier alpha value is -0.810. The SMILES string of the molecule is CCS(=O)(=O)NCCNC(=NC)N(C)Cc1cccn1C.I. The lowest BCUT2D eigenvalue weighted by Crippen LogP contribution is -2.42. The van der Waals surface area contributed by atoms with Gasteiger partial charge in [0.1, 0.15) is 0 Å². The summed E-state index contributed by atoms with van der Waals surface area (Å²) in [6.45, 7) is 3.17. The van der Waals surface area contributed by atoms with Crippen LogP contribution in [0.1, 0.15) is 12.6 Å². The zero-order valence-electron chi connectivity index (χ0n) is 13.5. The Kier molecular flexibility index (Phi) is 9.69. The Morgan fingerprint density at radius 1 is 1.41 bits per heavy atom. The van der Waals surface area contributed by atoms with Crippen molar-refractivity contribution in [3.05, 3.63) is 24.0 Å². The fourth-order valence-corrected chi connectivity index (χ4v) is 2.46. The Bertz CT molecular complexity index is 571. The van der Waals surface area contributed by atoms with Crippen LogP contribution in [0, 0.1) is 0 Å². The Morgan fingerprint density at radius 3 is 2.59 bits per heavy atom.